The molecule has 1 fully saturated rings. The van der Waals surface area contributed by atoms with E-state index in [4.69, 9.17) is 5.11 Å². The fourth-order valence-electron chi connectivity index (χ4n) is 2.28. The molecule has 0 amide bonds. The summed E-state index contributed by atoms with van der Waals surface area (Å²) in [6.07, 6.45) is 6.10. The first-order valence-corrected chi connectivity index (χ1v) is 5.63. The van der Waals surface area contributed by atoms with E-state index in [0.717, 1.165) is 19.4 Å². The Morgan fingerprint density at radius 3 is 3.19 bits per heavy atom. The van der Waals surface area contributed by atoms with Crippen molar-refractivity contribution in [2.75, 3.05) is 13.1 Å². The van der Waals surface area contributed by atoms with Crippen molar-refractivity contribution in [3.63, 3.8) is 0 Å². The van der Waals surface area contributed by atoms with Crippen LogP contribution in [-0.4, -0.2) is 34.0 Å². The molecule has 0 aromatic carbocycles. The minimum Gasteiger partial charge on any atom is -0.481 e. The molecule has 0 spiro atoms. The lowest BCUT2D eigenvalue weighted by Gasteiger charge is -2.23. The Morgan fingerprint density at radius 2 is 2.50 bits per heavy atom. The van der Waals surface area contributed by atoms with Gasteiger partial charge in [-0.15, -0.1) is 0 Å². The Kier molecular flexibility index (Phi) is 3.51. The maximum absolute atomic E-state index is 10.6. The fourth-order valence-corrected chi connectivity index (χ4v) is 2.28. The van der Waals surface area contributed by atoms with E-state index in [9.17, 15) is 4.79 Å². The van der Waals surface area contributed by atoms with Crippen LogP contribution >= 0.6 is 0 Å². The molecule has 1 aromatic heterocycles. The molecule has 1 aromatic rings. The Balaban J connectivity index is 2.01. The van der Waals surface area contributed by atoms with E-state index in [-0.39, 0.29) is 6.42 Å². The minimum absolute atomic E-state index is 0.219. The van der Waals surface area contributed by atoms with E-state index >= 15 is 0 Å². The smallest absolute Gasteiger partial charge is 0.304 e. The Morgan fingerprint density at radius 1 is 1.62 bits per heavy atom. The van der Waals surface area contributed by atoms with Crippen LogP contribution in [0.2, 0.25) is 0 Å². The number of pyridine rings is 1. The summed E-state index contributed by atoms with van der Waals surface area (Å²) in [6, 6.07) is 4.35. The monoisotopic (exact) mass is 220 g/mol. The summed E-state index contributed by atoms with van der Waals surface area (Å²) < 4.78 is 0. The topological polar surface area (TPSA) is 53.4 Å². The van der Waals surface area contributed by atoms with Gasteiger partial charge in [0.05, 0.1) is 6.42 Å². The summed E-state index contributed by atoms with van der Waals surface area (Å²) in [7, 11) is 0. The number of likely N-dealkylation sites (tertiary alicyclic amines) is 1. The maximum Gasteiger partial charge on any atom is 0.304 e. The number of hydrogen-bond acceptors (Lipinski definition) is 3. The molecule has 1 N–H and O–H groups in total. The normalized spacial score (nSPS) is 21.1. The predicted octanol–water partition coefficient (Wildman–Crippen LogP) is 1.69. The van der Waals surface area contributed by atoms with Crippen LogP contribution in [0.4, 0.5) is 0 Å². The van der Waals surface area contributed by atoms with Crippen LogP contribution in [0, 0.1) is 0 Å². The van der Waals surface area contributed by atoms with Crippen LogP contribution in [0.25, 0.3) is 0 Å². The van der Waals surface area contributed by atoms with Gasteiger partial charge in [0.1, 0.15) is 0 Å². The molecule has 1 aliphatic rings. The third-order valence-corrected chi connectivity index (χ3v) is 3.05. The molecule has 1 aliphatic heterocycles. The van der Waals surface area contributed by atoms with Crippen molar-refractivity contribution in [3.05, 3.63) is 30.1 Å². The van der Waals surface area contributed by atoms with Gasteiger partial charge in [-0.25, -0.2) is 0 Å². The van der Waals surface area contributed by atoms with Gasteiger partial charge in [-0.3, -0.25) is 14.7 Å². The number of carbonyl (C=O) groups is 1. The molecule has 16 heavy (non-hydrogen) atoms. The van der Waals surface area contributed by atoms with Gasteiger partial charge in [0.15, 0.2) is 0 Å². The number of rotatable bonds is 4. The first-order chi connectivity index (χ1) is 7.77. The molecular weight excluding hydrogens is 204 g/mol. The number of aliphatic carboxylic acids is 1. The Hall–Kier alpha value is -1.42. The number of carboxylic acid groups (broad SMARTS) is 1. The van der Waals surface area contributed by atoms with Crippen LogP contribution in [0.5, 0.6) is 0 Å². The highest BCUT2D eigenvalue weighted by molar-refractivity contribution is 5.66. The van der Waals surface area contributed by atoms with E-state index in [1.54, 1.807) is 6.20 Å². The van der Waals surface area contributed by atoms with Crippen LogP contribution in [-0.2, 0) is 4.79 Å². The highest BCUT2D eigenvalue weighted by Gasteiger charge is 2.25. The number of carboxylic acids is 1. The van der Waals surface area contributed by atoms with Crippen molar-refractivity contribution in [3.8, 4) is 0 Å². The molecule has 0 bridgehead atoms. The maximum atomic E-state index is 10.6. The number of aromatic nitrogens is 1. The minimum atomic E-state index is -0.725. The van der Waals surface area contributed by atoms with Gasteiger partial charge >= 0.3 is 5.97 Å². The molecule has 0 aliphatic carbocycles. The van der Waals surface area contributed by atoms with E-state index < -0.39 is 5.97 Å². The largest absolute Gasteiger partial charge is 0.481 e. The van der Waals surface area contributed by atoms with E-state index in [1.165, 1.54) is 5.56 Å². The summed E-state index contributed by atoms with van der Waals surface area (Å²) in [5.74, 6) is -0.725. The molecule has 4 nitrogen and oxygen atoms in total. The van der Waals surface area contributed by atoms with Crippen molar-refractivity contribution in [2.45, 2.75) is 25.3 Å². The first-order valence-electron chi connectivity index (χ1n) is 5.63. The van der Waals surface area contributed by atoms with E-state index in [2.05, 4.69) is 16.0 Å². The highest BCUT2D eigenvalue weighted by Crippen LogP contribution is 2.31. The molecule has 4 heteroatoms. The second-order valence-electron chi connectivity index (χ2n) is 4.12. The summed E-state index contributed by atoms with van der Waals surface area (Å²) >= 11 is 0. The fraction of sp³-hybridized carbons (Fsp3) is 0.500. The summed E-state index contributed by atoms with van der Waals surface area (Å²) in [4.78, 5) is 16.9. The molecule has 1 unspecified atom stereocenters. The molecule has 2 heterocycles. The third-order valence-electron chi connectivity index (χ3n) is 3.05. The van der Waals surface area contributed by atoms with Gasteiger partial charge in [-0.1, -0.05) is 6.07 Å². The molecule has 2 rings (SSSR count). The summed E-state index contributed by atoms with van der Waals surface area (Å²) in [5.41, 5.74) is 1.20. The first kappa shape index (κ1) is 11.1. The Bertz CT molecular complexity index is 353. The molecular formula is C12H16N2O2. The van der Waals surface area contributed by atoms with Crippen LogP contribution in [0.1, 0.15) is 30.9 Å². The van der Waals surface area contributed by atoms with Gasteiger partial charge in [-0.05, 0) is 31.0 Å². The summed E-state index contributed by atoms with van der Waals surface area (Å²) in [6.45, 7) is 1.63. The molecule has 1 atom stereocenters. The highest BCUT2D eigenvalue weighted by atomic mass is 16.4. The van der Waals surface area contributed by atoms with Crippen LogP contribution in [0.15, 0.2) is 24.5 Å². The van der Waals surface area contributed by atoms with Crippen molar-refractivity contribution in [1.29, 1.82) is 0 Å². The molecule has 0 saturated carbocycles. The van der Waals surface area contributed by atoms with Gasteiger partial charge in [-0.2, -0.15) is 0 Å². The van der Waals surface area contributed by atoms with Crippen molar-refractivity contribution in [1.82, 2.24) is 9.88 Å². The van der Waals surface area contributed by atoms with Gasteiger partial charge in [0.25, 0.3) is 0 Å². The second kappa shape index (κ2) is 5.07. The summed E-state index contributed by atoms with van der Waals surface area (Å²) in [5, 5.41) is 8.69. The average molecular weight is 220 g/mol. The van der Waals surface area contributed by atoms with E-state index in [1.807, 2.05) is 12.3 Å². The van der Waals surface area contributed by atoms with Crippen LogP contribution in [0.3, 0.4) is 0 Å². The van der Waals surface area contributed by atoms with Gasteiger partial charge in [0.2, 0.25) is 0 Å². The zero-order valence-electron chi connectivity index (χ0n) is 9.17. The standard InChI is InChI=1S/C12H16N2O2/c15-12(16)5-8-14-7-2-4-11(14)10-3-1-6-13-9-10/h1,3,6,9,11H,2,4-5,7-8H2,(H,15,16). The lowest BCUT2D eigenvalue weighted by atomic mass is 10.1. The SMILES string of the molecule is O=C(O)CCN1CCCC1c1cccnc1. The number of nitrogens with zero attached hydrogens (tertiary/aromatic N) is 2. The molecule has 1 saturated heterocycles. The van der Waals surface area contributed by atoms with Crippen molar-refractivity contribution in [2.24, 2.45) is 0 Å². The number of hydrogen-bond donors (Lipinski definition) is 1. The van der Waals surface area contributed by atoms with Gasteiger partial charge in [0, 0.05) is 25.0 Å². The van der Waals surface area contributed by atoms with E-state index in [0.29, 0.717) is 12.6 Å². The second-order valence-corrected chi connectivity index (χ2v) is 4.12. The predicted molar refractivity (Wildman–Crippen MR) is 60.0 cm³/mol. The zero-order valence-corrected chi connectivity index (χ0v) is 9.17. The molecule has 0 radical (unpaired) electrons. The average Bonchev–Trinajstić information content (AvgIpc) is 2.75. The lowest BCUT2D eigenvalue weighted by molar-refractivity contribution is -0.137. The Labute approximate surface area is 94.9 Å². The van der Waals surface area contributed by atoms with Crippen molar-refractivity contribution >= 4 is 5.97 Å². The molecule has 86 valence electrons. The van der Waals surface area contributed by atoms with Gasteiger partial charge < -0.3 is 5.11 Å². The third kappa shape index (κ3) is 2.58. The lowest BCUT2D eigenvalue weighted by Crippen LogP contribution is -2.26. The zero-order chi connectivity index (χ0) is 11.4. The van der Waals surface area contributed by atoms with Crippen molar-refractivity contribution < 1.29 is 9.90 Å². The van der Waals surface area contributed by atoms with Crippen LogP contribution < -0.4 is 0 Å². The quantitative estimate of drug-likeness (QED) is 0.839.